The van der Waals surface area contributed by atoms with E-state index in [9.17, 15) is 9.90 Å². The number of fused-ring (bicyclic) bond motifs is 3. The lowest BCUT2D eigenvalue weighted by Crippen LogP contribution is -2.38. The van der Waals surface area contributed by atoms with Crippen LogP contribution in [0.4, 0.5) is 5.82 Å². The summed E-state index contributed by atoms with van der Waals surface area (Å²) < 4.78 is 5.93. The molecule has 8 heteroatoms. The van der Waals surface area contributed by atoms with E-state index in [0.29, 0.717) is 23.9 Å². The largest absolute Gasteiger partial charge is 0.493 e. The van der Waals surface area contributed by atoms with Crippen LogP contribution in [0.25, 0.3) is 22.4 Å². The van der Waals surface area contributed by atoms with E-state index in [4.69, 9.17) is 15.5 Å². The molecule has 4 rings (SSSR count). The van der Waals surface area contributed by atoms with Gasteiger partial charge in [-0.1, -0.05) is 6.07 Å². The smallest absolute Gasteiger partial charge is 0.283 e. The number of amides is 1. The Labute approximate surface area is 179 Å². The fraction of sp³-hybridized carbons (Fsp3) is 0.318. The van der Waals surface area contributed by atoms with Crippen LogP contribution in [0, 0.1) is 0 Å². The molecule has 7 nitrogen and oxygen atoms in total. The van der Waals surface area contributed by atoms with Gasteiger partial charge in [-0.25, -0.2) is 9.97 Å². The third-order valence-corrected chi connectivity index (χ3v) is 6.15. The SMILES string of the molecule is CC(C)N(CCO)C(=O)c1nc2c(s1)CCOc1ccc(-c3ccc(N)nc3)cc1-2. The molecule has 156 valence electrons. The maximum absolute atomic E-state index is 13.0. The van der Waals surface area contributed by atoms with E-state index >= 15 is 0 Å². The standard InChI is InChI=1S/C22H24N4O3S/c1-13(2)26(8-9-27)22(28)21-25-20-16-11-14(15-4-6-19(23)24-12-15)3-5-17(16)29-10-7-18(20)30-21/h3-6,11-13,27H,7-10H2,1-2H3,(H2,23,24). The van der Waals surface area contributed by atoms with Crippen LogP contribution in [0.15, 0.2) is 36.5 Å². The molecule has 1 amide bonds. The van der Waals surface area contributed by atoms with Crippen LogP contribution in [0.2, 0.25) is 0 Å². The highest BCUT2D eigenvalue weighted by molar-refractivity contribution is 7.14. The number of anilines is 1. The van der Waals surface area contributed by atoms with Gasteiger partial charge < -0.3 is 20.5 Å². The summed E-state index contributed by atoms with van der Waals surface area (Å²) >= 11 is 1.40. The second-order valence-electron chi connectivity index (χ2n) is 7.39. The summed E-state index contributed by atoms with van der Waals surface area (Å²) in [5.41, 5.74) is 9.28. The van der Waals surface area contributed by atoms with Gasteiger partial charge in [-0.15, -0.1) is 11.3 Å². The van der Waals surface area contributed by atoms with Crippen molar-refractivity contribution in [2.45, 2.75) is 26.3 Å². The zero-order chi connectivity index (χ0) is 21.3. The molecule has 2 aromatic heterocycles. The van der Waals surface area contributed by atoms with Gasteiger partial charge in [0.1, 0.15) is 11.6 Å². The molecule has 0 saturated heterocycles. The quantitative estimate of drug-likeness (QED) is 0.652. The molecule has 0 spiro atoms. The lowest BCUT2D eigenvalue weighted by Gasteiger charge is -2.24. The van der Waals surface area contributed by atoms with Crippen LogP contribution in [-0.2, 0) is 6.42 Å². The van der Waals surface area contributed by atoms with Crippen molar-refractivity contribution in [2.75, 3.05) is 25.5 Å². The molecule has 0 unspecified atom stereocenters. The topological polar surface area (TPSA) is 102 Å². The third-order valence-electron chi connectivity index (χ3n) is 5.05. The minimum absolute atomic E-state index is 0.0198. The van der Waals surface area contributed by atoms with Crippen LogP contribution in [0.5, 0.6) is 5.75 Å². The Bertz CT molecular complexity index is 1060. The van der Waals surface area contributed by atoms with Gasteiger partial charge >= 0.3 is 0 Å². The number of nitrogens with zero attached hydrogens (tertiary/aromatic N) is 3. The summed E-state index contributed by atoms with van der Waals surface area (Å²) in [4.78, 5) is 24.6. The number of carbonyl (C=O) groups is 1. The monoisotopic (exact) mass is 424 g/mol. The lowest BCUT2D eigenvalue weighted by atomic mass is 10.0. The van der Waals surface area contributed by atoms with Gasteiger partial charge in [-0.05, 0) is 43.7 Å². The maximum atomic E-state index is 13.0. The first kappa shape index (κ1) is 20.3. The fourth-order valence-corrected chi connectivity index (χ4v) is 4.51. The van der Waals surface area contributed by atoms with Crippen LogP contribution in [0.1, 0.15) is 28.5 Å². The minimum Gasteiger partial charge on any atom is -0.493 e. The molecular weight excluding hydrogens is 400 g/mol. The molecule has 0 atom stereocenters. The van der Waals surface area contributed by atoms with Gasteiger partial charge in [0.2, 0.25) is 0 Å². The number of aliphatic hydroxyl groups is 1. The molecule has 1 aliphatic heterocycles. The van der Waals surface area contributed by atoms with E-state index in [1.807, 2.05) is 38.1 Å². The predicted octanol–water partition coefficient (Wildman–Crippen LogP) is 3.23. The normalized spacial score (nSPS) is 12.7. The summed E-state index contributed by atoms with van der Waals surface area (Å²) in [6.45, 7) is 4.60. The average Bonchev–Trinajstić information content (AvgIpc) is 3.08. The van der Waals surface area contributed by atoms with Crippen LogP contribution in [-0.4, -0.2) is 51.7 Å². The Balaban J connectivity index is 1.75. The molecule has 0 aliphatic carbocycles. The van der Waals surface area contributed by atoms with Gasteiger partial charge in [0.25, 0.3) is 5.91 Å². The van der Waals surface area contributed by atoms with Crippen molar-refractivity contribution in [2.24, 2.45) is 0 Å². The second-order valence-corrected chi connectivity index (χ2v) is 8.47. The van der Waals surface area contributed by atoms with Gasteiger partial charge in [0.15, 0.2) is 5.01 Å². The number of ether oxygens (including phenoxy) is 1. The van der Waals surface area contributed by atoms with Gasteiger partial charge in [-0.2, -0.15) is 0 Å². The number of aliphatic hydroxyl groups excluding tert-OH is 1. The molecular formula is C22H24N4O3S. The van der Waals surface area contributed by atoms with E-state index in [0.717, 1.165) is 33.0 Å². The van der Waals surface area contributed by atoms with E-state index < -0.39 is 0 Å². The van der Waals surface area contributed by atoms with Crippen molar-refractivity contribution in [3.63, 3.8) is 0 Å². The lowest BCUT2D eigenvalue weighted by molar-refractivity contribution is 0.0665. The summed E-state index contributed by atoms with van der Waals surface area (Å²) in [6.07, 6.45) is 2.43. The van der Waals surface area contributed by atoms with Crippen molar-refractivity contribution >= 4 is 23.1 Å². The Morgan fingerprint density at radius 1 is 1.30 bits per heavy atom. The Hall–Kier alpha value is -2.97. The molecule has 1 aromatic carbocycles. The molecule has 3 heterocycles. The summed E-state index contributed by atoms with van der Waals surface area (Å²) in [5, 5.41) is 9.77. The zero-order valence-electron chi connectivity index (χ0n) is 17.0. The number of carbonyl (C=O) groups excluding carboxylic acids is 1. The van der Waals surface area contributed by atoms with Crippen molar-refractivity contribution < 1.29 is 14.6 Å². The van der Waals surface area contributed by atoms with Crippen LogP contribution >= 0.6 is 11.3 Å². The highest BCUT2D eigenvalue weighted by Crippen LogP contribution is 2.40. The molecule has 3 N–H and O–H groups in total. The Morgan fingerprint density at radius 3 is 2.80 bits per heavy atom. The average molecular weight is 425 g/mol. The number of benzene rings is 1. The number of nitrogens with two attached hydrogens (primary N) is 1. The van der Waals surface area contributed by atoms with Crippen molar-refractivity contribution in [3.05, 3.63) is 46.4 Å². The van der Waals surface area contributed by atoms with E-state index in [2.05, 4.69) is 4.98 Å². The summed E-state index contributed by atoms with van der Waals surface area (Å²) in [5.74, 6) is 1.07. The van der Waals surface area contributed by atoms with Crippen LogP contribution < -0.4 is 10.5 Å². The van der Waals surface area contributed by atoms with Gasteiger partial charge in [-0.3, -0.25) is 4.79 Å². The maximum Gasteiger partial charge on any atom is 0.283 e. The summed E-state index contributed by atoms with van der Waals surface area (Å²) in [6, 6.07) is 9.61. The molecule has 1 aliphatic rings. The number of hydrogen-bond donors (Lipinski definition) is 2. The van der Waals surface area contributed by atoms with E-state index in [-0.39, 0.29) is 25.1 Å². The van der Waals surface area contributed by atoms with Gasteiger partial charge in [0.05, 0.1) is 18.9 Å². The third kappa shape index (κ3) is 3.88. The first-order valence-corrected chi connectivity index (χ1v) is 10.7. The highest BCUT2D eigenvalue weighted by Gasteiger charge is 2.26. The highest BCUT2D eigenvalue weighted by atomic mass is 32.1. The van der Waals surface area contributed by atoms with Crippen molar-refractivity contribution in [1.82, 2.24) is 14.9 Å². The molecule has 3 aromatic rings. The Morgan fingerprint density at radius 2 is 2.10 bits per heavy atom. The number of thiazole rings is 1. The number of hydrogen-bond acceptors (Lipinski definition) is 7. The second kappa shape index (κ2) is 8.41. The molecule has 30 heavy (non-hydrogen) atoms. The molecule has 0 radical (unpaired) electrons. The Kier molecular flexibility index (Phi) is 5.69. The molecule has 0 fully saturated rings. The van der Waals surface area contributed by atoms with E-state index in [1.54, 1.807) is 17.2 Å². The van der Waals surface area contributed by atoms with Gasteiger partial charge in [0, 0.05) is 41.2 Å². The number of pyridine rings is 1. The summed E-state index contributed by atoms with van der Waals surface area (Å²) in [7, 11) is 0. The predicted molar refractivity (Wildman–Crippen MR) is 118 cm³/mol. The first-order valence-electron chi connectivity index (χ1n) is 9.88. The molecule has 0 bridgehead atoms. The number of aromatic nitrogens is 2. The van der Waals surface area contributed by atoms with E-state index in [1.165, 1.54) is 11.3 Å². The van der Waals surface area contributed by atoms with Crippen molar-refractivity contribution in [1.29, 1.82) is 0 Å². The number of rotatable bonds is 5. The van der Waals surface area contributed by atoms with Crippen LogP contribution in [0.3, 0.4) is 0 Å². The zero-order valence-corrected chi connectivity index (χ0v) is 17.8. The number of nitrogen functional groups attached to an aromatic ring is 1. The minimum atomic E-state index is -0.154. The fourth-order valence-electron chi connectivity index (χ4n) is 3.50. The molecule has 0 saturated carbocycles. The van der Waals surface area contributed by atoms with Crippen molar-refractivity contribution in [3.8, 4) is 28.1 Å². The first-order chi connectivity index (χ1) is 14.5.